The van der Waals surface area contributed by atoms with Crippen LogP contribution in [-0.4, -0.2) is 14.2 Å². The van der Waals surface area contributed by atoms with E-state index in [2.05, 4.69) is 0 Å². The van der Waals surface area contributed by atoms with Gasteiger partial charge in [0.05, 0.1) is 13.2 Å². The molecule has 4 rings (SSSR count). The van der Waals surface area contributed by atoms with Gasteiger partial charge < -0.3 is 9.47 Å². The molecule has 0 unspecified atom stereocenters. The van der Waals surface area contributed by atoms with Gasteiger partial charge in [-0.2, -0.15) is 26.3 Å². The van der Waals surface area contributed by atoms with Gasteiger partial charge in [-0.15, -0.1) is 22.7 Å². The average molecular weight is 577 g/mol. The highest BCUT2D eigenvalue weighted by atomic mass is 32.1. The summed E-state index contributed by atoms with van der Waals surface area (Å²) in [4.78, 5) is 0.00820. The van der Waals surface area contributed by atoms with Gasteiger partial charge in [0.15, 0.2) is 0 Å². The van der Waals surface area contributed by atoms with E-state index in [1.165, 1.54) is 20.3 Å². The molecule has 0 amide bonds. The van der Waals surface area contributed by atoms with Crippen LogP contribution in [0.2, 0.25) is 0 Å². The second kappa shape index (κ2) is 14.5. The van der Waals surface area contributed by atoms with Crippen LogP contribution in [0.1, 0.15) is 34.4 Å². The molecule has 0 radical (unpaired) electrons. The third-order valence-corrected chi connectivity index (χ3v) is 7.17. The van der Waals surface area contributed by atoms with Gasteiger partial charge in [-0.05, 0) is 28.8 Å². The third-order valence-electron chi connectivity index (χ3n) is 4.86. The maximum Gasteiger partial charge on any atom is 0.426 e. The maximum atomic E-state index is 13.0. The predicted octanol–water partition coefficient (Wildman–Crippen LogP) is 10.4. The van der Waals surface area contributed by atoms with Gasteiger partial charge in [0.25, 0.3) is 0 Å². The fourth-order valence-electron chi connectivity index (χ4n) is 3.37. The van der Waals surface area contributed by atoms with Crippen LogP contribution in [-0.2, 0) is 35.0 Å². The second-order valence-corrected chi connectivity index (χ2v) is 9.77. The summed E-state index contributed by atoms with van der Waals surface area (Å²) >= 11 is 1.47. The Morgan fingerprint density at radius 2 is 1.13 bits per heavy atom. The number of hydrogen-bond acceptors (Lipinski definition) is 4. The van der Waals surface area contributed by atoms with Crippen molar-refractivity contribution < 1.29 is 35.8 Å². The Balaban J connectivity index is 0.000000361. The zero-order valence-corrected chi connectivity index (χ0v) is 20.9. The zero-order valence-electron chi connectivity index (χ0n) is 19.2. The van der Waals surface area contributed by atoms with E-state index in [4.69, 9.17) is 9.47 Å². The number of benzene rings is 2. The van der Waals surface area contributed by atoms with Crippen LogP contribution in [0.3, 0.4) is 0 Å². The molecule has 0 bridgehead atoms. The Kier molecular flexibility index (Phi) is 12.7. The lowest BCUT2D eigenvalue weighted by Gasteiger charge is -2.07. The Morgan fingerprint density at radius 1 is 0.632 bits per heavy atom. The first kappa shape index (κ1) is 33.4. The van der Waals surface area contributed by atoms with Crippen LogP contribution in [0, 0.1) is 0 Å². The largest absolute Gasteiger partial charge is 0.426 e. The summed E-state index contributed by atoms with van der Waals surface area (Å²) in [5.74, 6) is 0. The molecule has 0 N–H and O–H groups in total. The van der Waals surface area contributed by atoms with E-state index in [9.17, 15) is 26.3 Å². The van der Waals surface area contributed by atoms with Crippen molar-refractivity contribution in [1.82, 2.24) is 0 Å². The highest BCUT2D eigenvalue weighted by Crippen LogP contribution is 2.43. The van der Waals surface area contributed by atoms with Crippen molar-refractivity contribution in [3.63, 3.8) is 0 Å². The van der Waals surface area contributed by atoms with E-state index >= 15 is 0 Å². The standard InChI is InChI=1S/2C13H11F3OS.2CH4/c1-17-8-11-10(9-5-3-2-4-6-9)7-12(18-11)13(14,15)16;1-17-8-10-7-11(9-5-3-2-4-6-9)12(18-10)13(14,15)16;;/h2*2-7H,8H2,1H3;2*1H4. The zero-order chi connectivity index (χ0) is 26.3. The molecule has 0 spiro atoms. The summed E-state index contributed by atoms with van der Waals surface area (Å²) in [6, 6.07) is 20.3. The quantitative estimate of drug-likeness (QED) is 0.213. The van der Waals surface area contributed by atoms with Gasteiger partial charge in [-0.1, -0.05) is 75.5 Å². The van der Waals surface area contributed by atoms with Gasteiger partial charge >= 0.3 is 12.4 Å². The van der Waals surface area contributed by atoms with E-state index in [0.717, 1.165) is 28.2 Å². The van der Waals surface area contributed by atoms with Crippen molar-refractivity contribution in [2.75, 3.05) is 14.2 Å². The maximum absolute atomic E-state index is 13.0. The van der Waals surface area contributed by atoms with Crippen LogP contribution >= 0.6 is 22.7 Å². The lowest BCUT2D eigenvalue weighted by atomic mass is 10.1. The van der Waals surface area contributed by atoms with Gasteiger partial charge in [0.2, 0.25) is 0 Å². The van der Waals surface area contributed by atoms with E-state index in [1.807, 2.05) is 6.07 Å². The monoisotopic (exact) mass is 576 g/mol. The minimum Gasteiger partial charge on any atom is -0.379 e. The summed E-state index contributed by atoms with van der Waals surface area (Å²) in [6.45, 7) is 0.381. The summed E-state index contributed by atoms with van der Waals surface area (Å²) in [6.07, 6.45) is -8.64. The molecule has 38 heavy (non-hydrogen) atoms. The predicted molar refractivity (Wildman–Crippen MR) is 144 cm³/mol. The van der Waals surface area contributed by atoms with Crippen LogP contribution in [0.25, 0.3) is 22.3 Å². The Hall–Kier alpha value is -2.66. The van der Waals surface area contributed by atoms with Gasteiger partial charge in [0, 0.05) is 29.5 Å². The summed E-state index contributed by atoms with van der Waals surface area (Å²) in [5, 5.41) is 0. The molecular weight excluding hydrogens is 546 g/mol. The van der Waals surface area contributed by atoms with Gasteiger partial charge in [-0.3, -0.25) is 0 Å². The lowest BCUT2D eigenvalue weighted by Crippen LogP contribution is -2.03. The first-order valence-electron chi connectivity index (χ1n) is 10.5. The molecule has 0 atom stereocenters. The Bertz CT molecular complexity index is 1230. The SMILES string of the molecule is C.C.COCc1cc(-c2ccccc2)c(C(F)(F)F)s1.COCc1sc(C(F)(F)F)cc1-c1ccccc1. The number of alkyl halides is 6. The van der Waals surface area contributed by atoms with E-state index in [-0.39, 0.29) is 33.6 Å². The van der Waals surface area contributed by atoms with Gasteiger partial charge in [-0.25, -0.2) is 0 Å². The van der Waals surface area contributed by atoms with Crippen molar-refractivity contribution in [1.29, 1.82) is 0 Å². The molecule has 0 fully saturated rings. The molecule has 208 valence electrons. The van der Waals surface area contributed by atoms with Crippen molar-refractivity contribution in [2.45, 2.75) is 40.4 Å². The first-order valence-corrected chi connectivity index (χ1v) is 12.2. The molecule has 10 heteroatoms. The molecule has 2 aromatic carbocycles. The number of thiophene rings is 2. The molecule has 0 aliphatic carbocycles. The van der Waals surface area contributed by atoms with Crippen LogP contribution in [0.4, 0.5) is 26.3 Å². The van der Waals surface area contributed by atoms with E-state index in [1.54, 1.807) is 60.7 Å². The Labute approximate surface area is 227 Å². The molecule has 0 saturated carbocycles. The fraction of sp³-hybridized carbons (Fsp3) is 0.286. The average Bonchev–Trinajstić information content (AvgIpc) is 3.46. The molecule has 0 aliphatic rings. The minimum atomic E-state index is -4.33. The Morgan fingerprint density at radius 3 is 1.58 bits per heavy atom. The summed E-state index contributed by atoms with van der Waals surface area (Å²) in [7, 11) is 2.94. The molecule has 2 nitrogen and oxygen atoms in total. The van der Waals surface area contributed by atoms with Crippen LogP contribution in [0.15, 0.2) is 72.8 Å². The second-order valence-electron chi connectivity index (χ2n) is 7.50. The number of ether oxygens (including phenoxy) is 2. The molecule has 4 aromatic rings. The third kappa shape index (κ3) is 8.69. The lowest BCUT2D eigenvalue weighted by molar-refractivity contribution is -0.135. The number of halogens is 6. The summed E-state index contributed by atoms with van der Waals surface area (Å²) < 4.78 is 86.8. The molecular formula is C28H30F6O2S2. The van der Waals surface area contributed by atoms with Gasteiger partial charge in [0.1, 0.15) is 9.75 Å². The molecule has 0 aliphatic heterocycles. The fourth-order valence-corrected chi connectivity index (χ4v) is 5.41. The molecule has 0 saturated heterocycles. The highest BCUT2D eigenvalue weighted by molar-refractivity contribution is 7.12. The van der Waals surface area contributed by atoms with Crippen molar-refractivity contribution in [3.8, 4) is 22.3 Å². The first-order chi connectivity index (χ1) is 17.0. The van der Waals surface area contributed by atoms with Crippen LogP contribution < -0.4 is 0 Å². The van der Waals surface area contributed by atoms with Crippen molar-refractivity contribution >= 4 is 22.7 Å². The van der Waals surface area contributed by atoms with E-state index in [0.29, 0.717) is 20.9 Å². The number of rotatable bonds is 6. The van der Waals surface area contributed by atoms with Crippen LogP contribution in [0.5, 0.6) is 0 Å². The van der Waals surface area contributed by atoms with E-state index < -0.39 is 22.1 Å². The molecule has 2 heterocycles. The number of methoxy groups -OCH3 is 2. The van der Waals surface area contributed by atoms with Crippen molar-refractivity contribution in [3.05, 3.63) is 92.3 Å². The molecule has 2 aromatic heterocycles. The summed E-state index contributed by atoms with van der Waals surface area (Å²) in [5.41, 5.74) is 2.16. The normalized spacial score (nSPS) is 11.2. The van der Waals surface area contributed by atoms with Crippen molar-refractivity contribution in [2.24, 2.45) is 0 Å². The smallest absolute Gasteiger partial charge is 0.379 e. The highest BCUT2D eigenvalue weighted by Gasteiger charge is 2.36. The number of hydrogen-bond donors (Lipinski definition) is 0. The minimum absolute atomic E-state index is 0. The topological polar surface area (TPSA) is 18.5 Å².